The minimum atomic E-state index is -4.80. The number of ether oxygens (including phenoxy) is 2. The van der Waals surface area contributed by atoms with Crippen LogP contribution in [-0.2, 0) is 9.59 Å². The summed E-state index contributed by atoms with van der Waals surface area (Å²) >= 11 is 3.40. The largest absolute Gasteiger partial charge is 1.00 e. The Kier molecular flexibility index (Phi) is 20.5. The van der Waals surface area contributed by atoms with Crippen LogP contribution >= 0.6 is 15.9 Å². The molecule has 6 aliphatic rings. The molecule has 76 heavy (non-hydrogen) atoms. The molecule has 12 nitrogen and oxygen atoms in total. The summed E-state index contributed by atoms with van der Waals surface area (Å²) in [6.07, 6.45) is 0.290. The van der Waals surface area contributed by atoms with E-state index in [0.717, 1.165) is 98.8 Å². The van der Waals surface area contributed by atoms with Crippen LogP contribution in [-0.4, -0.2) is 82.8 Å². The summed E-state index contributed by atoms with van der Waals surface area (Å²) in [7, 11) is -1.00. The average Bonchev–Trinajstić information content (AvgIpc) is 4.39. The van der Waals surface area contributed by atoms with Gasteiger partial charge in [-0.1, -0.05) is 65.2 Å². The van der Waals surface area contributed by atoms with Crippen molar-refractivity contribution >= 4 is 50.9 Å². The monoisotopic (exact) mass is 1150 g/mol. The summed E-state index contributed by atoms with van der Waals surface area (Å²) in [5.74, 6) is -1.02. The Labute approximate surface area is 489 Å². The first-order chi connectivity index (χ1) is 36.5. The minimum Gasteiger partial charge on any atom is -0.512 e. The van der Waals surface area contributed by atoms with Crippen molar-refractivity contribution in [1.29, 1.82) is 10.5 Å². The molecule has 0 bridgehead atoms. The molecule has 10 rings (SSSR count). The number of anilines is 2. The Morgan fingerprint density at radius 3 is 1.36 bits per heavy atom. The second kappa shape index (κ2) is 26.5. The molecular weight excluding hydrogens is 1090 g/mol. The SMILES string of the molecule is N#CCCC(=O)N(C1CC1)C1c2ccccc2N(C(=O)c2ccc(OC(F)(F)F)cc2)C2CCCC21.O=C(c1ccc(OC(F)(F)F)cc1)N1c2ccccc2C(N(C(=O)CCBr)C2CC2)C2CCCC21.[2H]CF.[C-]#N.[K+]. The Bertz CT molecular complexity index is 2740. The van der Waals surface area contributed by atoms with Crippen molar-refractivity contribution in [3.05, 3.63) is 126 Å². The van der Waals surface area contributed by atoms with Crippen molar-refractivity contribution in [3.63, 3.8) is 0 Å². The number of nitrogens with zero attached hydrogens (tertiary/aromatic N) is 6. The van der Waals surface area contributed by atoms with Gasteiger partial charge in [0.1, 0.15) is 11.5 Å². The van der Waals surface area contributed by atoms with Crippen LogP contribution in [0.1, 0.15) is 129 Å². The fourth-order valence-corrected chi connectivity index (χ4v) is 11.9. The quantitative estimate of drug-likeness (QED) is 0.0590. The van der Waals surface area contributed by atoms with Crippen LogP contribution in [0.2, 0.25) is 0 Å². The fraction of sp³-hybridized carbons (Fsp3) is 0.455. The summed E-state index contributed by atoms with van der Waals surface area (Å²) in [6, 6.07) is 27.4. The van der Waals surface area contributed by atoms with Crippen molar-refractivity contribution in [2.45, 2.75) is 132 Å². The van der Waals surface area contributed by atoms with Gasteiger partial charge in [0.25, 0.3) is 11.8 Å². The second-order valence-corrected chi connectivity index (χ2v) is 19.8. The second-order valence-electron chi connectivity index (χ2n) is 19.0. The van der Waals surface area contributed by atoms with Gasteiger partial charge in [-0.15, -0.1) is 26.3 Å². The van der Waals surface area contributed by atoms with Crippen LogP contribution < -0.4 is 70.7 Å². The molecule has 2 heterocycles. The third-order valence-corrected chi connectivity index (χ3v) is 14.9. The molecule has 6 unspecified atom stereocenters. The molecule has 398 valence electrons. The number of alkyl halides is 8. The Hall–Kier alpha value is -5.03. The molecule has 4 fully saturated rings. The van der Waals surface area contributed by atoms with Crippen molar-refractivity contribution in [2.24, 2.45) is 11.8 Å². The summed E-state index contributed by atoms with van der Waals surface area (Å²) in [4.78, 5) is 61.6. The number of rotatable bonds is 12. The van der Waals surface area contributed by atoms with Gasteiger partial charge >= 0.3 is 64.1 Å². The van der Waals surface area contributed by atoms with Crippen LogP contribution in [0, 0.1) is 35.0 Å². The summed E-state index contributed by atoms with van der Waals surface area (Å²) in [5.41, 5.74) is 3.95. The summed E-state index contributed by atoms with van der Waals surface area (Å²) < 4.78 is 98.7. The van der Waals surface area contributed by atoms with Gasteiger partial charge in [-0.05, 0) is 123 Å². The topological polar surface area (TPSA) is 147 Å². The molecule has 0 aromatic heterocycles. The maximum Gasteiger partial charge on any atom is 1.00 e. The van der Waals surface area contributed by atoms with Gasteiger partial charge in [0.05, 0.1) is 26.7 Å². The molecule has 6 atom stereocenters. The number of hydrogen-bond acceptors (Lipinski definition) is 8. The number of para-hydroxylation sites is 2. The predicted molar refractivity (Wildman–Crippen MR) is 265 cm³/mol. The number of nitriles is 1. The van der Waals surface area contributed by atoms with Gasteiger partial charge in [0.2, 0.25) is 11.8 Å². The molecule has 4 aromatic rings. The van der Waals surface area contributed by atoms with Crippen LogP contribution in [0.4, 0.5) is 42.1 Å². The van der Waals surface area contributed by atoms with E-state index in [4.69, 9.17) is 18.5 Å². The molecule has 0 N–H and O–H groups in total. The number of halogens is 8. The zero-order chi connectivity index (χ0) is 54.9. The Morgan fingerprint density at radius 2 is 1.01 bits per heavy atom. The molecule has 2 aliphatic heterocycles. The van der Waals surface area contributed by atoms with E-state index in [-0.39, 0.29) is 153 Å². The number of fused-ring (bicyclic) bond motifs is 4. The van der Waals surface area contributed by atoms with Crippen molar-refractivity contribution in [3.8, 4) is 17.6 Å². The minimum absolute atomic E-state index is 0. The van der Waals surface area contributed by atoms with E-state index in [1.54, 1.807) is 4.90 Å². The molecule has 0 saturated heterocycles. The summed E-state index contributed by atoms with van der Waals surface area (Å²) in [5, 5.41) is 15.9. The number of carbonyl (C=O) groups is 4. The van der Waals surface area contributed by atoms with Crippen molar-refractivity contribution in [2.75, 3.05) is 22.3 Å². The summed E-state index contributed by atoms with van der Waals surface area (Å²) in [6.45, 7) is 4.75. The van der Waals surface area contributed by atoms with E-state index >= 15 is 0 Å². The maximum absolute atomic E-state index is 13.7. The first kappa shape index (κ1) is 58.6. The van der Waals surface area contributed by atoms with Gasteiger partial charge < -0.3 is 40.9 Å². The van der Waals surface area contributed by atoms with Crippen LogP contribution in [0.15, 0.2) is 97.1 Å². The third-order valence-electron chi connectivity index (χ3n) is 14.5. The third kappa shape index (κ3) is 13.8. The van der Waals surface area contributed by atoms with E-state index in [2.05, 4.69) is 36.4 Å². The standard InChI is InChI=1S/C27H26F3N3O3.C26H26BrF3N2O3.CH3F.CN.K/c28-27(29,30)36-19-14-10-17(11-15-19)26(35)33-22-7-2-1-5-20(22)25(21-6-3-8-23(21)33)32(18-12-13-18)24(34)9-4-16-31;27-15-14-23(33)31(17-10-11-17)24-19-4-1-2-6-21(19)32(22-7-3-5-20(22)24)25(34)16-8-12-18(13-9-16)35-26(28,29)30;2*1-2;/h1-2,5,7,10-11,14-15,18,21,23,25H,3-4,6,8-9,12-13H2;1-2,4,6,8-9,12-13,17,20,22,24H,3,5,7,10-11,14-15H2;1H3;;/q;;;-1;+1/i;;1D;;. The van der Waals surface area contributed by atoms with Gasteiger partial charge in [-0.3, -0.25) is 23.6 Å². The first-order valence-electron chi connectivity index (χ1n) is 25.4. The Balaban J connectivity index is 0.000000228. The zero-order valence-corrected chi connectivity index (χ0v) is 46.3. The van der Waals surface area contributed by atoms with Crippen molar-refractivity contribution < 1.29 is 112 Å². The van der Waals surface area contributed by atoms with E-state index in [9.17, 15) is 49.9 Å². The van der Waals surface area contributed by atoms with Crippen LogP contribution in [0.3, 0.4) is 0 Å². The average molecular weight is 1150 g/mol. The van der Waals surface area contributed by atoms with Gasteiger partial charge in [-0.2, -0.15) is 5.26 Å². The molecular formula is C55H55BrF7KN6O6. The number of hydrogen-bond donors (Lipinski definition) is 0. The van der Waals surface area contributed by atoms with E-state index in [0.29, 0.717) is 17.3 Å². The van der Waals surface area contributed by atoms with Crippen LogP contribution in [0.25, 0.3) is 0 Å². The van der Waals surface area contributed by atoms with Gasteiger partial charge in [-0.25, -0.2) is 0 Å². The van der Waals surface area contributed by atoms with E-state index < -0.39 is 19.9 Å². The van der Waals surface area contributed by atoms with Crippen LogP contribution in [0.5, 0.6) is 11.5 Å². The van der Waals surface area contributed by atoms with E-state index in [1.807, 2.05) is 58.3 Å². The smallest absolute Gasteiger partial charge is 0.512 e. The van der Waals surface area contributed by atoms with Gasteiger partial charge in [0, 0.05) is 83.1 Å². The normalized spacial score (nSPS) is 21.9. The predicted octanol–water partition coefficient (Wildman–Crippen LogP) is 9.67. The molecule has 0 radical (unpaired) electrons. The first-order valence-corrected chi connectivity index (χ1v) is 25.8. The van der Waals surface area contributed by atoms with Crippen molar-refractivity contribution in [1.82, 2.24) is 9.80 Å². The number of benzene rings is 4. The molecule has 4 aromatic carbocycles. The van der Waals surface area contributed by atoms with Gasteiger partial charge in [0.15, 0.2) is 0 Å². The Morgan fingerprint density at radius 1 is 0.645 bits per heavy atom. The molecule has 4 amide bonds. The molecule has 4 saturated carbocycles. The molecule has 4 aliphatic carbocycles. The fourth-order valence-electron chi connectivity index (χ4n) is 11.5. The zero-order valence-electron chi connectivity index (χ0n) is 42.6. The number of carbonyl (C=O) groups excluding carboxylic acids is 4. The van der Waals surface area contributed by atoms with E-state index in [1.165, 1.54) is 36.4 Å². The molecule has 0 spiro atoms. The molecule has 21 heteroatoms. The number of amides is 4. The maximum atomic E-state index is 13.7.